The normalized spacial score (nSPS) is 13.7. The maximum Gasteiger partial charge on any atom is 0.314 e. The van der Waals surface area contributed by atoms with Gasteiger partial charge in [-0.25, -0.2) is 5.43 Å². The van der Waals surface area contributed by atoms with Gasteiger partial charge in [0.25, 0.3) is 0 Å². The van der Waals surface area contributed by atoms with Crippen LogP contribution in [0.3, 0.4) is 0 Å². The van der Waals surface area contributed by atoms with Crippen molar-refractivity contribution in [1.29, 1.82) is 0 Å². The summed E-state index contributed by atoms with van der Waals surface area (Å²) in [4.78, 5) is 11.6. The highest BCUT2D eigenvalue weighted by Gasteiger charge is 2.31. The van der Waals surface area contributed by atoms with Crippen LogP contribution in [0.5, 0.6) is 5.75 Å². The molecule has 1 saturated carbocycles. The molecule has 0 aliphatic heterocycles. The molecule has 1 aliphatic rings. The maximum atomic E-state index is 11.6. The number of esters is 1. The minimum absolute atomic E-state index is 0.109. The fourth-order valence-corrected chi connectivity index (χ4v) is 2.01. The average Bonchev–Trinajstić information content (AvgIpc) is 3.33. The smallest absolute Gasteiger partial charge is 0.314 e. The molecule has 0 heterocycles. The molecule has 0 amide bonds. The number of anilines is 1. The van der Waals surface area contributed by atoms with Crippen molar-refractivity contribution in [3.63, 3.8) is 0 Å². The molecule has 1 fully saturated rings. The second kappa shape index (κ2) is 6.41. The zero-order valence-electron chi connectivity index (χ0n) is 11.7. The second-order valence-corrected chi connectivity index (χ2v) is 5.19. The van der Waals surface area contributed by atoms with E-state index in [0.717, 1.165) is 24.1 Å². The molecular weight excluding hydrogens is 264 g/mol. The first-order valence-corrected chi connectivity index (χ1v) is 7.16. The number of carbonyl (C=O) groups is 1. The molecule has 4 heteroatoms. The number of hydrogen-bond acceptors (Lipinski definition) is 4. The van der Waals surface area contributed by atoms with E-state index in [1.54, 1.807) is 0 Å². The van der Waals surface area contributed by atoms with Gasteiger partial charge in [-0.1, -0.05) is 30.3 Å². The van der Waals surface area contributed by atoms with Gasteiger partial charge < -0.3 is 10.2 Å². The highest BCUT2D eigenvalue weighted by atomic mass is 16.5. The molecule has 0 unspecified atom stereocenters. The Balaban J connectivity index is 1.52. The second-order valence-electron chi connectivity index (χ2n) is 5.19. The zero-order valence-corrected chi connectivity index (χ0v) is 11.7. The van der Waals surface area contributed by atoms with Crippen molar-refractivity contribution < 1.29 is 9.53 Å². The number of para-hydroxylation sites is 1. The SMILES string of the molecule is O=C(Oc1cccc(CNNc2ccccc2)c1)C1CC1. The Labute approximate surface area is 124 Å². The highest BCUT2D eigenvalue weighted by Crippen LogP contribution is 2.30. The number of rotatable bonds is 6. The summed E-state index contributed by atoms with van der Waals surface area (Å²) in [6, 6.07) is 17.5. The van der Waals surface area contributed by atoms with Gasteiger partial charge in [0.2, 0.25) is 0 Å². The first kappa shape index (κ1) is 13.6. The molecular formula is C17H18N2O2. The van der Waals surface area contributed by atoms with Gasteiger partial charge in [-0.05, 0) is 42.7 Å². The van der Waals surface area contributed by atoms with Gasteiger partial charge >= 0.3 is 5.97 Å². The molecule has 0 bridgehead atoms. The Morgan fingerprint density at radius 2 is 1.90 bits per heavy atom. The van der Waals surface area contributed by atoms with Crippen molar-refractivity contribution in [3.05, 3.63) is 60.2 Å². The third-order valence-corrected chi connectivity index (χ3v) is 3.33. The fraction of sp³-hybridized carbons (Fsp3) is 0.235. The molecule has 0 aromatic heterocycles. The van der Waals surface area contributed by atoms with Crippen LogP contribution in [0.2, 0.25) is 0 Å². The largest absolute Gasteiger partial charge is 0.426 e. The third-order valence-electron chi connectivity index (χ3n) is 3.33. The Bertz CT molecular complexity index is 609. The van der Waals surface area contributed by atoms with Gasteiger partial charge in [0.1, 0.15) is 5.75 Å². The van der Waals surface area contributed by atoms with Crippen molar-refractivity contribution in [2.75, 3.05) is 5.43 Å². The predicted molar refractivity (Wildman–Crippen MR) is 81.7 cm³/mol. The van der Waals surface area contributed by atoms with E-state index in [-0.39, 0.29) is 11.9 Å². The minimum Gasteiger partial charge on any atom is -0.426 e. The van der Waals surface area contributed by atoms with Crippen molar-refractivity contribution in [1.82, 2.24) is 5.43 Å². The van der Waals surface area contributed by atoms with E-state index in [4.69, 9.17) is 4.74 Å². The van der Waals surface area contributed by atoms with Crippen LogP contribution >= 0.6 is 0 Å². The zero-order chi connectivity index (χ0) is 14.5. The van der Waals surface area contributed by atoms with Gasteiger partial charge in [0.15, 0.2) is 0 Å². The van der Waals surface area contributed by atoms with Crippen LogP contribution in [-0.4, -0.2) is 5.97 Å². The Morgan fingerprint density at radius 1 is 1.10 bits per heavy atom. The molecule has 108 valence electrons. The van der Waals surface area contributed by atoms with Crippen LogP contribution in [0.1, 0.15) is 18.4 Å². The first-order chi connectivity index (χ1) is 10.3. The van der Waals surface area contributed by atoms with Gasteiger partial charge in [0.05, 0.1) is 5.92 Å². The quantitative estimate of drug-likeness (QED) is 0.485. The number of hydrogen-bond donors (Lipinski definition) is 2. The predicted octanol–water partition coefficient (Wildman–Crippen LogP) is 3.12. The average molecular weight is 282 g/mol. The molecule has 4 nitrogen and oxygen atoms in total. The summed E-state index contributed by atoms with van der Waals surface area (Å²) in [7, 11) is 0. The molecule has 3 rings (SSSR count). The Hall–Kier alpha value is -2.33. The van der Waals surface area contributed by atoms with E-state index in [1.165, 1.54) is 0 Å². The summed E-state index contributed by atoms with van der Waals surface area (Å²) in [6.07, 6.45) is 1.92. The highest BCUT2D eigenvalue weighted by molar-refractivity contribution is 5.77. The third kappa shape index (κ3) is 4.07. The lowest BCUT2D eigenvalue weighted by atomic mass is 10.2. The number of carbonyl (C=O) groups excluding carboxylic acids is 1. The molecule has 2 aromatic rings. The summed E-state index contributed by atoms with van der Waals surface area (Å²) in [5.41, 5.74) is 8.33. The van der Waals surface area contributed by atoms with Crippen molar-refractivity contribution >= 4 is 11.7 Å². The first-order valence-electron chi connectivity index (χ1n) is 7.16. The van der Waals surface area contributed by atoms with E-state index < -0.39 is 0 Å². The topological polar surface area (TPSA) is 50.4 Å². The lowest BCUT2D eigenvalue weighted by Crippen LogP contribution is -2.20. The van der Waals surface area contributed by atoms with Crippen LogP contribution in [0.25, 0.3) is 0 Å². The molecule has 1 aliphatic carbocycles. The van der Waals surface area contributed by atoms with Crippen LogP contribution in [0, 0.1) is 5.92 Å². The molecule has 0 radical (unpaired) electrons. The number of ether oxygens (including phenoxy) is 1. The maximum absolute atomic E-state index is 11.6. The molecule has 2 aromatic carbocycles. The van der Waals surface area contributed by atoms with E-state index >= 15 is 0 Å². The monoisotopic (exact) mass is 282 g/mol. The standard InChI is InChI=1S/C17H18N2O2/c20-17(14-9-10-14)21-16-8-4-5-13(11-16)12-18-19-15-6-2-1-3-7-15/h1-8,11,14,18-19H,9-10,12H2. The van der Waals surface area contributed by atoms with E-state index in [1.807, 2.05) is 54.6 Å². The lowest BCUT2D eigenvalue weighted by Gasteiger charge is -2.09. The Morgan fingerprint density at radius 3 is 2.67 bits per heavy atom. The van der Waals surface area contributed by atoms with E-state index in [9.17, 15) is 4.79 Å². The van der Waals surface area contributed by atoms with Crippen molar-refractivity contribution in [3.8, 4) is 5.75 Å². The van der Waals surface area contributed by atoms with E-state index in [0.29, 0.717) is 12.3 Å². The molecule has 21 heavy (non-hydrogen) atoms. The van der Waals surface area contributed by atoms with E-state index in [2.05, 4.69) is 10.9 Å². The summed E-state index contributed by atoms with van der Waals surface area (Å²) in [5.74, 6) is 0.625. The van der Waals surface area contributed by atoms with Crippen LogP contribution < -0.4 is 15.6 Å². The Kier molecular flexibility index (Phi) is 4.17. The summed E-state index contributed by atoms with van der Waals surface area (Å²) >= 11 is 0. The van der Waals surface area contributed by atoms with Crippen molar-refractivity contribution in [2.45, 2.75) is 19.4 Å². The molecule has 0 spiro atoms. The number of hydrazine groups is 1. The summed E-state index contributed by atoms with van der Waals surface area (Å²) in [5, 5.41) is 0. The molecule has 2 N–H and O–H groups in total. The van der Waals surface area contributed by atoms with Gasteiger partial charge in [-0.3, -0.25) is 4.79 Å². The van der Waals surface area contributed by atoms with Crippen LogP contribution in [0.15, 0.2) is 54.6 Å². The van der Waals surface area contributed by atoms with Crippen LogP contribution in [0.4, 0.5) is 5.69 Å². The van der Waals surface area contributed by atoms with Crippen LogP contribution in [-0.2, 0) is 11.3 Å². The summed E-state index contributed by atoms with van der Waals surface area (Å²) in [6.45, 7) is 0.643. The minimum atomic E-state index is -0.109. The van der Waals surface area contributed by atoms with Gasteiger partial charge in [-0.2, -0.15) is 0 Å². The summed E-state index contributed by atoms with van der Waals surface area (Å²) < 4.78 is 5.36. The van der Waals surface area contributed by atoms with Gasteiger partial charge in [0, 0.05) is 12.2 Å². The van der Waals surface area contributed by atoms with Gasteiger partial charge in [-0.15, -0.1) is 0 Å². The van der Waals surface area contributed by atoms with Crippen molar-refractivity contribution in [2.24, 2.45) is 5.92 Å². The fourth-order valence-electron chi connectivity index (χ4n) is 2.01. The lowest BCUT2D eigenvalue weighted by molar-refractivity contribution is -0.135. The molecule has 0 atom stereocenters. The molecule has 0 saturated heterocycles. The number of nitrogens with one attached hydrogen (secondary N) is 2. The number of benzene rings is 2.